The molecule has 2 aromatic heterocycles. The van der Waals surface area contributed by atoms with Gasteiger partial charge in [0.2, 0.25) is 11.7 Å². The molecule has 0 radical (unpaired) electrons. The van der Waals surface area contributed by atoms with Gasteiger partial charge in [0.25, 0.3) is 0 Å². The van der Waals surface area contributed by atoms with E-state index in [0.29, 0.717) is 30.5 Å². The molecule has 1 aliphatic rings. The van der Waals surface area contributed by atoms with Gasteiger partial charge < -0.3 is 9.64 Å². The number of anilines is 1. The second-order valence-corrected chi connectivity index (χ2v) is 6.06. The highest BCUT2D eigenvalue weighted by atomic mass is 16.6. The first kappa shape index (κ1) is 16.2. The minimum Gasteiger partial charge on any atom is -0.474 e. The lowest BCUT2D eigenvalue weighted by atomic mass is 10.1. The second-order valence-electron chi connectivity index (χ2n) is 6.06. The van der Waals surface area contributed by atoms with Gasteiger partial charge in [0.1, 0.15) is 11.8 Å². The highest BCUT2D eigenvalue weighted by Gasteiger charge is 2.31. The van der Waals surface area contributed by atoms with E-state index < -0.39 is 0 Å². The Bertz CT molecular complexity index is 750. The van der Waals surface area contributed by atoms with Gasteiger partial charge in [0.15, 0.2) is 0 Å². The lowest BCUT2D eigenvalue weighted by Crippen LogP contribution is -2.39. The van der Waals surface area contributed by atoms with Crippen LogP contribution < -0.4 is 9.64 Å². The zero-order valence-electron chi connectivity index (χ0n) is 14.1. The molecule has 0 amide bonds. The number of pyridine rings is 1. The maximum Gasteiger partial charge on any atom is 0.333 e. The maximum atomic E-state index is 11.3. The average molecular weight is 331 g/mol. The van der Waals surface area contributed by atoms with Crippen LogP contribution in [0, 0.1) is 24.0 Å². The summed E-state index contributed by atoms with van der Waals surface area (Å²) in [5.41, 5.74) is 1.46. The molecule has 0 atom stereocenters. The third-order valence-corrected chi connectivity index (χ3v) is 4.24. The van der Waals surface area contributed by atoms with Crippen LogP contribution in [0.25, 0.3) is 0 Å². The van der Waals surface area contributed by atoms with Crippen LogP contribution in [0.4, 0.5) is 11.5 Å². The summed E-state index contributed by atoms with van der Waals surface area (Å²) in [7, 11) is 1.74. The van der Waals surface area contributed by atoms with E-state index >= 15 is 0 Å². The van der Waals surface area contributed by atoms with Crippen LogP contribution in [0.15, 0.2) is 18.2 Å². The van der Waals surface area contributed by atoms with Gasteiger partial charge in [0.05, 0.1) is 4.92 Å². The molecule has 8 nitrogen and oxygen atoms in total. The summed E-state index contributed by atoms with van der Waals surface area (Å²) in [5.74, 6) is 1.21. The van der Waals surface area contributed by atoms with Gasteiger partial charge in [-0.15, -0.1) is 0 Å². The number of hydrogen-bond acceptors (Lipinski definition) is 6. The summed E-state index contributed by atoms with van der Waals surface area (Å²) in [4.78, 5) is 17.4. The molecule has 0 N–H and O–H groups in total. The number of piperidine rings is 1. The van der Waals surface area contributed by atoms with Gasteiger partial charge in [-0.3, -0.25) is 10.1 Å². The van der Waals surface area contributed by atoms with Gasteiger partial charge in [-0.05, 0) is 19.9 Å². The fourth-order valence-corrected chi connectivity index (χ4v) is 3.14. The first-order valence-electron chi connectivity index (χ1n) is 7.99. The number of aryl methyl sites for hydroxylation is 3. The SMILES string of the molecule is Cc1cccc(OC2CCN(c3c([N+](=O)[O-])c(C)nn3C)CC2)n1. The Morgan fingerprint density at radius 1 is 1.29 bits per heavy atom. The molecule has 0 unspecified atom stereocenters. The zero-order valence-corrected chi connectivity index (χ0v) is 14.1. The highest BCUT2D eigenvalue weighted by Crippen LogP contribution is 2.33. The maximum absolute atomic E-state index is 11.3. The molecule has 24 heavy (non-hydrogen) atoms. The highest BCUT2D eigenvalue weighted by molar-refractivity contribution is 5.61. The van der Waals surface area contributed by atoms with Crippen molar-refractivity contribution in [3.63, 3.8) is 0 Å². The Labute approximate surface area is 140 Å². The molecule has 1 saturated heterocycles. The Morgan fingerprint density at radius 3 is 2.62 bits per heavy atom. The van der Waals surface area contributed by atoms with Crippen LogP contribution in [0.1, 0.15) is 24.2 Å². The van der Waals surface area contributed by atoms with Gasteiger partial charge in [-0.2, -0.15) is 5.10 Å². The number of aromatic nitrogens is 3. The molecular formula is C16H21N5O3. The molecule has 1 aliphatic heterocycles. The quantitative estimate of drug-likeness (QED) is 0.631. The molecular weight excluding hydrogens is 310 g/mol. The van der Waals surface area contributed by atoms with Crippen LogP contribution in [0.3, 0.4) is 0 Å². The van der Waals surface area contributed by atoms with Crippen molar-refractivity contribution in [2.45, 2.75) is 32.8 Å². The van der Waals surface area contributed by atoms with Crippen molar-refractivity contribution in [3.05, 3.63) is 39.7 Å². The molecule has 0 saturated carbocycles. The minimum atomic E-state index is -0.350. The number of hydrogen-bond donors (Lipinski definition) is 0. The average Bonchev–Trinajstić information content (AvgIpc) is 2.82. The van der Waals surface area contributed by atoms with Crippen LogP contribution >= 0.6 is 0 Å². The molecule has 1 fully saturated rings. The summed E-state index contributed by atoms with van der Waals surface area (Å²) in [6.45, 7) is 4.98. The summed E-state index contributed by atoms with van der Waals surface area (Å²) in [5, 5.41) is 15.5. The predicted molar refractivity (Wildman–Crippen MR) is 89.4 cm³/mol. The molecule has 0 bridgehead atoms. The zero-order chi connectivity index (χ0) is 17.3. The van der Waals surface area contributed by atoms with Crippen LogP contribution in [-0.4, -0.2) is 38.9 Å². The van der Waals surface area contributed by atoms with Crippen molar-refractivity contribution in [1.29, 1.82) is 0 Å². The predicted octanol–water partition coefficient (Wildman–Crippen LogP) is 2.39. The first-order valence-corrected chi connectivity index (χ1v) is 7.99. The Balaban J connectivity index is 1.68. The number of nitrogens with zero attached hydrogens (tertiary/aromatic N) is 5. The third-order valence-electron chi connectivity index (χ3n) is 4.24. The molecule has 128 valence electrons. The van der Waals surface area contributed by atoms with E-state index in [1.165, 1.54) is 0 Å². The van der Waals surface area contributed by atoms with Gasteiger partial charge in [0, 0.05) is 44.7 Å². The van der Waals surface area contributed by atoms with Crippen LogP contribution in [-0.2, 0) is 7.05 Å². The van der Waals surface area contributed by atoms with Crippen LogP contribution in [0.2, 0.25) is 0 Å². The van der Waals surface area contributed by atoms with E-state index in [1.54, 1.807) is 18.7 Å². The van der Waals surface area contributed by atoms with Gasteiger partial charge >= 0.3 is 5.69 Å². The fourth-order valence-electron chi connectivity index (χ4n) is 3.14. The number of rotatable bonds is 4. The molecule has 8 heteroatoms. The second kappa shape index (κ2) is 6.46. The van der Waals surface area contributed by atoms with Crippen molar-refractivity contribution < 1.29 is 9.66 Å². The summed E-state index contributed by atoms with van der Waals surface area (Å²) in [6.07, 6.45) is 1.65. The van der Waals surface area contributed by atoms with E-state index in [2.05, 4.69) is 10.1 Å². The topological polar surface area (TPSA) is 86.3 Å². The van der Waals surface area contributed by atoms with E-state index in [1.807, 2.05) is 30.0 Å². The molecule has 2 aromatic rings. The smallest absolute Gasteiger partial charge is 0.333 e. The van der Waals surface area contributed by atoms with Crippen molar-refractivity contribution >= 4 is 11.5 Å². The number of nitro groups is 1. The summed E-state index contributed by atoms with van der Waals surface area (Å²) in [6, 6.07) is 5.71. The van der Waals surface area contributed by atoms with E-state index in [-0.39, 0.29) is 16.7 Å². The third kappa shape index (κ3) is 3.17. The van der Waals surface area contributed by atoms with Gasteiger partial charge in [-0.1, -0.05) is 6.07 Å². The Kier molecular flexibility index (Phi) is 4.37. The molecule has 0 spiro atoms. The minimum absolute atomic E-state index is 0.0731. The van der Waals surface area contributed by atoms with Crippen LogP contribution in [0.5, 0.6) is 5.88 Å². The lowest BCUT2D eigenvalue weighted by Gasteiger charge is -2.32. The largest absolute Gasteiger partial charge is 0.474 e. The standard InChI is InChI=1S/C16H21N5O3/c1-11-5-4-6-14(17-11)24-13-7-9-20(10-8-13)16-15(21(22)23)12(2)18-19(16)3/h4-6,13H,7-10H2,1-3H3. The van der Waals surface area contributed by atoms with Crippen molar-refractivity contribution in [3.8, 4) is 5.88 Å². The molecule has 0 aliphatic carbocycles. The van der Waals surface area contributed by atoms with Crippen molar-refractivity contribution in [2.24, 2.45) is 7.05 Å². The van der Waals surface area contributed by atoms with Crippen molar-refractivity contribution in [1.82, 2.24) is 14.8 Å². The summed E-state index contributed by atoms with van der Waals surface area (Å²) >= 11 is 0. The Hall–Kier alpha value is -2.64. The summed E-state index contributed by atoms with van der Waals surface area (Å²) < 4.78 is 7.53. The van der Waals surface area contributed by atoms with Crippen molar-refractivity contribution in [2.75, 3.05) is 18.0 Å². The molecule has 3 heterocycles. The first-order chi connectivity index (χ1) is 11.5. The lowest BCUT2D eigenvalue weighted by molar-refractivity contribution is -0.384. The van der Waals surface area contributed by atoms with Gasteiger partial charge in [-0.25, -0.2) is 9.67 Å². The molecule has 3 rings (SSSR count). The van der Waals surface area contributed by atoms with E-state index in [4.69, 9.17) is 4.74 Å². The van der Waals surface area contributed by atoms with E-state index in [0.717, 1.165) is 18.5 Å². The molecule has 0 aromatic carbocycles. The number of ether oxygens (including phenoxy) is 1. The van der Waals surface area contributed by atoms with E-state index in [9.17, 15) is 10.1 Å². The monoisotopic (exact) mass is 331 g/mol. The fraction of sp³-hybridized carbons (Fsp3) is 0.500. The Morgan fingerprint density at radius 2 is 2.00 bits per heavy atom. The normalized spacial score (nSPS) is 15.5.